The third kappa shape index (κ3) is 3.41. The Morgan fingerprint density at radius 3 is 2.72 bits per heavy atom. The maximum absolute atomic E-state index is 10.9. The van der Waals surface area contributed by atoms with Gasteiger partial charge in [0.15, 0.2) is 0 Å². The van der Waals surface area contributed by atoms with Crippen molar-refractivity contribution in [2.24, 2.45) is 5.41 Å². The number of hydrogen-bond acceptors (Lipinski definition) is 5. The number of anilines is 1. The van der Waals surface area contributed by atoms with E-state index >= 15 is 0 Å². The molecular weight excluding hydrogens is 250 g/mol. The van der Waals surface area contributed by atoms with Gasteiger partial charge in [-0.25, -0.2) is 4.98 Å². The van der Waals surface area contributed by atoms with E-state index in [4.69, 9.17) is 5.11 Å². The summed E-state index contributed by atoms with van der Waals surface area (Å²) in [6.45, 7) is 6.07. The van der Waals surface area contributed by atoms with Crippen molar-refractivity contribution in [2.45, 2.75) is 52.0 Å². The highest BCUT2D eigenvalue weighted by Crippen LogP contribution is 2.39. The molecule has 0 radical (unpaired) electrons. The maximum Gasteiger partial charge on any atom is 0.305 e. The summed E-state index contributed by atoms with van der Waals surface area (Å²) in [6.07, 6.45) is 2.43. The van der Waals surface area contributed by atoms with Crippen molar-refractivity contribution in [3.63, 3.8) is 0 Å². The highest BCUT2D eigenvalue weighted by molar-refractivity contribution is 7.09. The molecule has 2 rings (SSSR count). The lowest BCUT2D eigenvalue weighted by molar-refractivity contribution is -0.137. The van der Waals surface area contributed by atoms with Crippen molar-refractivity contribution in [3.05, 3.63) is 5.82 Å². The normalized spacial score (nSPS) is 17.5. The molecule has 100 valence electrons. The fourth-order valence-corrected chi connectivity index (χ4v) is 2.40. The second-order valence-corrected chi connectivity index (χ2v) is 6.64. The Bertz CT molecular complexity index is 435. The third-order valence-electron chi connectivity index (χ3n) is 3.11. The van der Waals surface area contributed by atoms with Gasteiger partial charge in [-0.1, -0.05) is 20.8 Å². The SMILES string of the molecule is CC(C)(C)C(CC(=O)O)Nc1nc(C2CC2)ns1. The van der Waals surface area contributed by atoms with Crippen LogP contribution in [-0.4, -0.2) is 26.5 Å². The largest absolute Gasteiger partial charge is 0.481 e. The first-order chi connectivity index (χ1) is 8.36. The smallest absolute Gasteiger partial charge is 0.305 e. The van der Waals surface area contributed by atoms with Crippen molar-refractivity contribution in [2.75, 3.05) is 5.32 Å². The summed E-state index contributed by atoms with van der Waals surface area (Å²) in [4.78, 5) is 15.3. The van der Waals surface area contributed by atoms with E-state index < -0.39 is 5.97 Å². The molecule has 0 saturated heterocycles. The van der Waals surface area contributed by atoms with Crippen molar-refractivity contribution in [3.8, 4) is 0 Å². The van der Waals surface area contributed by atoms with Crippen LogP contribution >= 0.6 is 11.5 Å². The van der Waals surface area contributed by atoms with E-state index in [2.05, 4.69) is 14.7 Å². The van der Waals surface area contributed by atoms with Crippen molar-refractivity contribution < 1.29 is 9.90 Å². The second kappa shape index (κ2) is 4.84. The summed E-state index contributed by atoms with van der Waals surface area (Å²) in [5.41, 5.74) is -0.135. The van der Waals surface area contributed by atoms with Gasteiger partial charge in [-0.05, 0) is 18.3 Å². The van der Waals surface area contributed by atoms with E-state index in [1.165, 1.54) is 24.4 Å². The Kier molecular flexibility index (Phi) is 3.56. The number of carboxylic acids is 1. The molecule has 2 N–H and O–H groups in total. The number of nitrogens with one attached hydrogen (secondary N) is 1. The topological polar surface area (TPSA) is 75.1 Å². The summed E-state index contributed by atoms with van der Waals surface area (Å²) in [6, 6.07) is -0.144. The third-order valence-corrected chi connectivity index (χ3v) is 3.77. The van der Waals surface area contributed by atoms with Crippen LogP contribution in [0.5, 0.6) is 0 Å². The van der Waals surface area contributed by atoms with E-state index in [1.807, 2.05) is 20.8 Å². The molecule has 1 aromatic heterocycles. The van der Waals surface area contributed by atoms with E-state index in [0.29, 0.717) is 5.92 Å². The number of aromatic nitrogens is 2. The molecule has 5 nitrogen and oxygen atoms in total. The lowest BCUT2D eigenvalue weighted by Crippen LogP contribution is -2.36. The van der Waals surface area contributed by atoms with Crippen LogP contribution in [0.1, 0.15) is 51.8 Å². The van der Waals surface area contributed by atoms with Gasteiger partial charge < -0.3 is 10.4 Å². The molecule has 1 saturated carbocycles. The molecule has 1 aromatic rings. The molecule has 0 aliphatic heterocycles. The summed E-state index contributed by atoms with van der Waals surface area (Å²) in [7, 11) is 0. The van der Waals surface area contributed by atoms with Crippen molar-refractivity contribution in [1.82, 2.24) is 9.36 Å². The van der Waals surface area contributed by atoms with Gasteiger partial charge in [-0.2, -0.15) is 4.37 Å². The lowest BCUT2D eigenvalue weighted by Gasteiger charge is -2.29. The first kappa shape index (κ1) is 13.3. The molecule has 18 heavy (non-hydrogen) atoms. The van der Waals surface area contributed by atoms with Gasteiger partial charge in [0.1, 0.15) is 5.82 Å². The molecule has 1 fully saturated rings. The summed E-state index contributed by atoms with van der Waals surface area (Å²) in [5, 5.41) is 12.9. The van der Waals surface area contributed by atoms with Crippen LogP contribution in [0, 0.1) is 5.41 Å². The number of carboxylic acid groups (broad SMARTS) is 1. The summed E-state index contributed by atoms with van der Waals surface area (Å²) < 4.78 is 4.31. The van der Waals surface area contributed by atoms with Gasteiger partial charge in [0.05, 0.1) is 6.42 Å². The predicted molar refractivity (Wildman–Crippen MR) is 71.0 cm³/mol. The van der Waals surface area contributed by atoms with Gasteiger partial charge in [0, 0.05) is 23.5 Å². The Morgan fingerprint density at radius 2 is 2.22 bits per heavy atom. The second-order valence-electron chi connectivity index (χ2n) is 5.89. The van der Waals surface area contributed by atoms with Crippen LogP contribution in [0.4, 0.5) is 5.13 Å². The quantitative estimate of drug-likeness (QED) is 0.859. The Morgan fingerprint density at radius 1 is 1.56 bits per heavy atom. The first-order valence-corrected chi connectivity index (χ1v) is 6.95. The molecule has 1 aliphatic carbocycles. The zero-order valence-electron chi connectivity index (χ0n) is 10.9. The van der Waals surface area contributed by atoms with Crippen molar-refractivity contribution in [1.29, 1.82) is 0 Å². The monoisotopic (exact) mass is 269 g/mol. The molecule has 1 atom stereocenters. The number of nitrogens with zero attached hydrogens (tertiary/aromatic N) is 2. The van der Waals surface area contributed by atoms with Gasteiger partial charge >= 0.3 is 5.97 Å². The Balaban J connectivity index is 2.04. The highest BCUT2D eigenvalue weighted by Gasteiger charge is 2.30. The Labute approximate surface area is 111 Å². The summed E-state index contributed by atoms with van der Waals surface area (Å²) >= 11 is 1.32. The number of carbonyl (C=O) groups is 1. The molecule has 0 spiro atoms. The molecule has 0 amide bonds. The molecular formula is C12H19N3O2S. The number of hydrogen-bond donors (Lipinski definition) is 2. The maximum atomic E-state index is 10.9. The molecule has 6 heteroatoms. The predicted octanol–water partition coefficient (Wildman–Crippen LogP) is 2.72. The zero-order valence-corrected chi connectivity index (χ0v) is 11.8. The van der Waals surface area contributed by atoms with E-state index in [-0.39, 0.29) is 17.9 Å². The van der Waals surface area contributed by atoms with Crippen LogP contribution in [0.2, 0.25) is 0 Å². The molecule has 1 heterocycles. The molecule has 0 bridgehead atoms. The van der Waals surface area contributed by atoms with Crippen LogP contribution in [-0.2, 0) is 4.79 Å². The minimum absolute atomic E-state index is 0.0852. The molecule has 1 unspecified atom stereocenters. The average molecular weight is 269 g/mol. The number of rotatable bonds is 5. The minimum atomic E-state index is -0.797. The van der Waals surface area contributed by atoms with Crippen LogP contribution in [0.25, 0.3) is 0 Å². The van der Waals surface area contributed by atoms with Crippen LogP contribution in [0.3, 0.4) is 0 Å². The van der Waals surface area contributed by atoms with E-state index in [0.717, 1.165) is 11.0 Å². The van der Waals surface area contributed by atoms with Gasteiger partial charge in [0.2, 0.25) is 5.13 Å². The number of aliphatic carboxylic acids is 1. The minimum Gasteiger partial charge on any atom is -0.481 e. The van der Waals surface area contributed by atoms with Crippen LogP contribution in [0.15, 0.2) is 0 Å². The summed E-state index contributed by atoms with van der Waals surface area (Å²) in [5.74, 6) is 0.643. The van der Waals surface area contributed by atoms with Gasteiger partial charge in [-0.3, -0.25) is 4.79 Å². The van der Waals surface area contributed by atoms with E-state index in [9.17, 15) is 4.79 Å². The Hall–Kier alpha value is -1.17. The van der Waals surface area contributed by atoms with Gasteiger partial charge in [0.25, 0.3) is 0 Å². The van der Waals surface area contributed by atoms with E-state index in [1.54, 1.807) is 0 Å². The lowest BCUT2D eigenvalue weighted by atomic mass is 9.85. The highest BCUT2D eigenvalue weighted by atomic mass is 32.1. The first-order valence-electron chi connectivity index (χ1n) is 6.18. The zero-order chi connectivity index (χ0) is 13.3. The molecule has 0 aromatic carbocycles. The van der Waals surface area contributed by atoms with Crippen molar-refractivity contribution >= 4 is 22.6 Å². The fraction of sp³-hybridized carbons (Fsp3) is 0.750. The standard InChI is InChI=1S/C12H19N3O2S/c1-12(2,3)8(6-9(16)17)13-11-14-10(15-18-11)7-4-5-7/h7-8H,4-6H2,1-3H3,(H,16,17)(H,13,14,15). The average Bonchev–Trinajstić information content (AvgIpc) is 2.97. The van der Waals surface area contributed by atoms with Gasteiger partial charge in [-0.15, -0.1) is 0 Å². The molecule has 1 aliphatic rings. The fourth-order valence-electron chi connectivity index (χ4n) is 1.70. The van der Waals surface area contributed by atoms with Crippen LogP contribution < -0.4 is 5.32 Å².